The lowest BCUT2D eigenvalue weighted by molar-refractivity contribution is -0.151. The lowest BCUT2D eigenvalue weighted by atomic mass is 9.75. The summed E-state index contributed by atoms with van der Waals surface area (Å²) in [6.45, 7) is 6.79. The van der Waals surface area contributed by atoms with Gasteiger partial charge in [-0.3, -0.25) is 9.59 Å². The Morgan fingerprint density at radius 3 is 2.17 bits per heavy atom. The first-order valence-corrected chi connectivity index (χ1v) is 4.12. The number of carbonyl (C=O) groups is 2. The minimum atomic E-state index is -0.917. The lowest BCUT2D eigenvalue weighted by Gasteiger charge is -2.21. The van der Waals surface area contributed by atoms with Crippen molar-refractivity contribution in [2.24, 2.45) is 11.3 Å². The van der Waals surface area contributed by atoms with E-state index < -0.39 is 5.41 Å². The van der Waals surface area contributed by atoms with Crippen LogP contribution in [0.4, 0.5) is 0 Å². The molecule has 1 rings (SSSR count). The first-order valence-electron chi connectivity index (χ1n) is 4.12. The standard InChI is InChI=1S/C9H14O3/c1-5-6(2)12-8(11)9(5,4)7(3)10/h5-6H,1-4H3/t5-,6+,9+/m1/s1. The molecule has 3 atom stereocenters. The van der Waals surface area contributed by atoms with Gasteiger partial charge in [0.1, 0.15) is 17.3 Å². The molecule has 1 aliphatic rings. The van der Waals surface area contributed by atoms with E-state index in [2.05, 4.69) is 0 Å². The summed E-state index contributed by atoms with van der Waals surface area (Å²) in [5.41, 5.74) is -0.917. The van der Waals surface area contributed by atoms with E-state index >= 15 is 0 Å². The second-order valence-electron chi connectivity index (χ2n) is 3.66. The van der Waals surface area contributed by atoms with E-state index in [4.69, 9.17) is 4.74 Å². The predicted molar refractivity (Wildman–Crippen MR) is 43.5 cm³/mol. The van der Waals surface area contributed by atoms with Crippen LogP contribution in [0, 0.1) is 11.3 Å². The fraction of sp³-hybridized carbons (Fsp3) is 0.778. The number of rotatable bonds is 1. The Labute approximate surface area is 72.1 Å². The zero-order valence-electron chi connectivity index (χ0n) is 7.88. The third-order valence-corrected chi connectivity index (χ3v) is 3.06. The van der Waals surface area contributed by atoms with Crippen LogP contribution in [0.25, 0.3) is 0 Å². The SMILES string of the molecule is CC(=O)[C@@]1(C)C(=O)O[C@@H](C)[C@H]1C. The van der Waals surface area contributed by atoms with Crippen LogP contribution in [-0.4, -0.2) is 17.9 Å². The molecule has 1 fully saturated rings. The number of ether oxygens (including phenoxy) is 1. The smallest absolute Gasteiger partial charge is 0.320 e. The summed E-state index contributed by atoms with van der Waals surface area (Å²) < 4.78 is 4.99. The zero-order chi connectivity index (χ0) is 9.52. The molecule has 68 valence electrons. The van der Waals surface area contributed by atoms with Crippen molar-refractivity contribution < 1.29 is 14.3 Å². The van der Waals surface area contributed by atoms with Gasteiger partial charge >= 0.3 is 5.97 Å². The summed E-state index contributed by atoms with van der Waals surface area (Å²) in [6, 6.07) is 0. The Hall–Kier alpha value is -0.860. The molecule has 0 bridgehead atoms. The van der Waals surface area contributed by atoms with E-state index in [1.54, 1.807) is 6.92 Å². The fourth-order valence-electron chi connectivity index (χ4n) is 1.51. The van der Waals surface area contributed by atoms with E-state index in [0.717, 1.165) is 0 Å². The van der Waals surface area contributed by atoms with Crippen LogP contribution in [0.1, 0.15) is 27.7 Å². The minimum Gasteiger partial charge on any atom is -0.462 e. The molecule has 0 aromatic carbocycles. The quantitative estimate of drug-likeness (QED) is 0.438. The van der Waals surface area contributed by atoms with Crippen LogP contribution in [-0.2, 0) is 14.3 Å². The van der Waals surface area contributed by atoms with Crippen LogP contribution in [0.3, 0.4) is 0 Å². The molecule has 0 unspecified atom stereocenters. The minimum absolute atomic E-state index is 0.0255. The third kappa shape index (κ3) is 0.958. The maximum atomic E-state index is 11.3. The normalized spacial score (nSPS) is 41.2. The molecule has 1 saturated heterocycles. The molecule has 0 amide bonds. The van der Waals surface area contributed by atoms with Gasteiger partial charge in [0.05, 0.1) is 0 Å². The zero-order valence-corrected chi connectivity index (χ0v) is 7.88. The molecule has 0 saturated carbocycles. The van der Waals surface area contributed by atoms with Crippen LogP contribution in [0.5, 0.6) is 0 Å². The Morgan fingerprint density at radius 1 is 1.50 bits per heavy atom. The number of esters is 1. The third-order valence-electron chi connectivity index (χ3n) is 3.06. The molecule has 3 nitrogen and oxygen atoms in total. The fourth-order valence-corrected chi connectivity index (χ4v) is 1.51. The van der Waals surface area contributed by atoms with Gasteiger partial charge in [-0.1, -0.05) is 6.92 Å². The maximum Gasteiger partial charge on any atom is 0.320 e. The molecule has 3 heteroatoms. The molecular formula is C9H14O3. The van der Waals surface area contributed by atoms with E-state index in [9.17, 15) is 9.59 Å². The summed E-state index contributed by atoms with van der Waals surface area (Å²) in [7, 11) is 0. The van der Waals surface area contributed by atoms with Crippen molar-refractivity contribution in [3.05, 3.63) is 0 Å². The Balaban J connectivity index is 3.04. The summed E-state index contributed by atoms with van der Waals surface area (Å²) in [5.74, 6) is -0.512. The van der Waals surface area contributed by atoms with Crippen LogP contribution in [0.2, 0.25) is 0 Å². The molecule has 12 heavy (non-hydrogen) atoms. The van der Waals surface area contributed by atoms with Crippen LogP contribution in [0.15, 0.2) is 0 Å². The molecule has 1 aliphatic heterocycles. The number of Topliss-reactive ketones (excluding diaryl/α,β-unsaturated/α-hetero) is 1. The number of hydrogen-bond donors (Lipinski definition) is 0. The van der Waals surface area contributed by atoms with Gasteiger partial charge in [-0.25, -0.2) is 0 Å². The molecule has 0 radical (unpaired) electrons. The van der Waals surface area contributed by atoms with Gasteiger partial charge in [-0.2, -0.15) is 0 Å². The Bertz CT molecular complexity index is 234. The lowest BCUT2D eigenvalue weighted by Crippen LogP contribution is -2.36. The van der Waals surface area contributed by atoms with Gasteiger partial charge in [0.2, 0.25) is 0 Å². The monoisotopic (exact) mass is 170 g/mol. The second kappa shape index (κ2) is 2.57. The van der Waals surface area contributed by atoms with Gasteiger partial charge in [-0.05, 0) is 20.8 Å². The van der Waals surface area contributed by atoms with E-state index in [-0.39, 0.29) is 23.8 Å². The molecule has 0 aromatic rings. The van der Waals surface area contributed by atoms with Gasteiger partial charge in [0.15, 0.2) is 0 Å². The summed E-state index contributed by atoms with van der Waals surface area (Å²) >= 11 is 0. The Morgan fingerprint density at radius 2 is 2.00 bits per heavy atom. The van der Waals surface area contributed by atoms with Gasteiger partial charge < -0.3 is 4.74 Å². The van der Waals surface area contributed by atoms with E-state index in [1.165, 1.54) is 6.92 Å². The highest BCUT2D eigenvalue weighted by atomic mass is 16.6. The molecule has 1 heterocycles. The van der Waals surface area contributed by atoms with Crippen molar-refractivity contribution in [3.63, 3.8) is 0 Å². The van der Waals surface area contributed by atoms with Crippen LogP contribution < -0.4 is 0 Å². The van der Waals surface area contributed by atoms with Gasteiger partial charge in [-0.15, -0.1) is 0 Å². The predicted octanol–water partition coefficient (Wildman–Crippen LogP) is 1.16. The average Bonchev–Trinajstić information content (AvgIpc) is 2.16. The molecule has 0 spiro atoms. The first-order chi connectivity index (χ1) is 5.40. The van der Waals surface area contributed by atoms with Crippen molar-refractivity contribution >= 4 is 11.8 Å². The molecule has 0 aliphatic carbocycles. The first kappa shape index (κ1) is 9.23. The average molecular weight is 170 g/mol. The highest BCUT2D eigenvalue weighted by molar-refractivity contribution is 6.03. The van der Waals surface area contributed by atoms with Gasteiger partial charge in [0.25, 0.3) is 0 Å². The van der Waals surface area contributed by atoms with Crippen molar-refractivity contribution in [2.75, 3.05) is 0 Å². The van der Waals surface area contributed by atoms with Crippen LogP contribution >= 0.6 is 0 Å². The van der Waals surface area contributed by atoms with Crippen molar-refractivity contribution in [1.82, 2.24) is 0 Å². The summed E-state index contributed by atoms with van der Waals surface area (Å²) in [4.78, 5) is 22.5. The van der Waals surface area contributed by atoms with Gasteiger partial charge in [0, 0.05) is 5.92 Å². The van der Waals surface area contributed by atoms with E-state index in [1.807, 2.05) is 13.8 Å². The van der Waals surface area contributed by atoms with Crippen molar-refractivity contribution in [2.45, 2.75) is 33.8 Å². The molecular weight excluding hydrogens is 156 g/mol. The highest BCUT2D eigenvalue weighted by Gasteiger charge is 2.53. The number of cyclic esters (lactones) is 1. The molecule has 0 N–H and O–H groups in total. The number of carbonyl (C=O) groups excluding carboxylic acids is 2. The maximum absolute atomic E-state index is 11.3. The van der Waals surface area contributed by atoms with E-state index in [0.29, 0.717) is 0 Å². The number of ketones is 1. The highest BCUT2D eigenvalue weighted by Crippen LogP contribution is 2.39. The topological polar surface area (TPSA) is 43.4 Å². The second-order valence-corrected chi connectivity index (χ2v) is 3.66. The summed E-state index contributed by atoms with van der Waals surface area (Å²) in [5, 5.41) is 0. The number of hydrogen-bond acceptors (Lipinski definition) is 3. The molecule has 0 aromatic heterocycles. The Kier molecular flexibility index (Phi) is 1.98. The largest absolute Gasteiger partial charge is 0.462 e. The summed E-state index contributed by atoms with van der Waals surface area (Å²) in [6.07, 6.45) is -0.147. The van der Waals surface area contributed by atoms with Crippen molar-refractivity contribution in [1.29, 1.82) is 0 Å². The van der Waals surface area contributed by atoms with Crippen molar-refractivity contribution in [3.8, 4) is 0 Å².